The average Bonchev–Trinajstić information content (AvgIpc) is 3.29. The van der Waals surface area contributed by atoms with Crippen molar-refractivity contribution in [1.82, 2.24) is 9.88 Å². The van der Waals surface area contributed by atoms with Gasteiger partial charge in [0.15, 0.2) is 5.13 Å². The van der Waals surface area contributed by atoms with E-state index in [4.69, 9.17) is 0 Å². The highest BCUT2D eigenvalue weighted by Crippen LogP contribution is 2.31. The fraction of sp³-hybridized carbons (Fsp3) is 0.286. The third-order valence-electron chi connectivity index (χ3n) is 4.93. The van der Waals surface area contributed by atoms with Gasteiger partial charge in [0.2, 0.25) is 0 Å². The van der Waals surface area contributed by atoms with E-state index in [0.717, 1.165) is 37.3 Å². The highest BCUT2D eigenvalue weighted by Gasteiger charge is 2.22. The van der Waals surface area contributed by atoms with Crippen LogP contribution in [-0.4, -0.2) is 34.8 Å². The van der Waals surface area contributed by atoms with Crippen molar-refractivity contribution in [3.8, 4) is 0 Å². The molecule has 9 heteroatoms. The summed E-state index contributed by atoms with van der Waals surface area (Å²) in [4.78, 5) is 33.7. The number of nitrogens with zero attached hydrogens (tertiary/aromatic N) is 2. The van der Waals surface area contributed by atoms with Gasteiger partial charge in [0.25, 0.3) is 11.8 Å². The lowest BCUT2D eigenvalue weighted by atomic mass is 10.2. The number of fused-ring (bicyclic) bond motifs is 1. The van der Waals surface area contributed by atoms with Crippen molar-refractivity contribution in [3.63, 3.8) is 0 Å². The molecule has 3 aromatic rings. The number of carbonyl (C=O) groups excluding carboxylic acids is 2. The predicted octanol–water partition coefficient (Wildman–Crippen LogP) is 4.53. The Morgan fingerprint density at radius 1 is 1.20 bits per heavy atom. The number of aromatic nitrogens is 1. The molecule has 0 atom stereocenters. The van der Waals surface area contributed by atoms with Crippen LogP contribution in [0.4, 0.5) is 14.5 Å². The van der Waals surface area contributed by atoms with Gasteiger partial charge in [-0.05, 0) is 43.3 Å². The molecule has 0 aliphatic carbocycles. The molecule has 2 aromatic heterocycles. The van der Waals surface area contributed by atoms with E-state index in [0.29, 0.717) is 15.0 Å². The lowest BCUT2D eigenvalue weighted by molar-refractivity contribution is 0.101. The molecule has 0 spiro atoms. The summed E-state index contributed by atoms with van der Waals surface area (Å²) in [6, 6.07) is 7.22. The van der Waals surface area contributed by atoms with Crippen LogP contribution in [0.2, 0.25) is 0 Å². The monoisotopic (exact) mass is 444 g/mol. The molecule has 4 rings (SSSR count). The molecule has 0 bridgehead atoms. The van der Waals surface area contributed by atoms with Crippen molar-refractivity contribution in [1.29, 1.82) is 0 Å². The zero-order valence-corrected chi connectivity index (χ0v) is 18.3. The second-order valence-corrected chi connectivity index (χ2v) is 9.18. The van der Waals surface area contributed by atoms with E-state index >= 15 is 0 Å². The number of amides is 2. The molecule has 0 unspecified atom stereocenters. The largest absolute Gasteiger partial charge is 0.314 e. The topological polar surface area (TPSA) is 74.3 Å². The van der Waals surface area contributed by atoms with Crippen molar-refractivity contribution in [2.24, 2.45) is 0 Å². The number of anilines is 2. The van der Waals surface area contributed by atoms with E-state index in [2.05, 4.69) is 27.4 Å². The number of hydrogen-bond acceptors (Lipinski definition) is 6. The molecular formula is C21H21FN4O2S2. The van der Waals surface area contributed by atoms with E-state index < -0.39 is 11.7 Å². The number of hydrogen-bond donors (Lipinski definition) is 2. The fourth-order valence-electron chi connectivity index (χ4n) is 3.31. The SMILES string of the molecule is CCN1CCc2nc(NC(=O)c3sc(NC(=O)c4cccc(F)c4)cc3C)sc2C1. The molecule has 3 heterocycles. The lowest BCUT2D eigenvalue weighted by Gasteiger charge is -2.23. The highest BCUT2D eigenvalue weighted by atomic mass is 32.1. The van der Waals surface area contributed by atoms with Gasteiger partial charge in [0.1, 0.15) is 5.82 Å². The summed E-state index contributed by atoms with van der Waals surface area (Å²) in [5, 5.41) is 6.75. The van der Waals surface area contributed by atoms with E-state index in [1.807, 2.05) is 6.92 Å². The average molecular weight is 445 g/mol. The van der Waals surface area contributed by atoms with Crippen LogP contribution in [0, 0.1) is 12.7 Å². The van der Waals surface area contributed by atoms with Gasteiger partial charge in [-0.2, -0.15) is 0 Å². The molecule has 2 N–H and O–H groups in total. The number of carbonyl (C=O) groups is 2. The lowest BCUT2D eigenvalue weighted by Crippen LogP contribution is -2.29. The Kier molecular flexibility index (Phi) is 5.94. The molecule has 0 fully saturated rings. The van der Waals surface area contributed by atoms with Crippen LogP contribution in [0.15, 0.2) is 30.3 Å². The predicted molar refractivity (Wildman–Crippen MR) is 118 cm³/mol. The first kappa shape index (κ1) is 20.6. The molecule has 1 aliphatic rings. The van der Waals surface area contributed by atoms with Gasteiger partial charge in [-0.1, -0.05) is 13.0 Å². The first-order valence-corrected chi connectivity index (χ1v) is 11.3. The minimum Gasteiger partial charge on any atom is -0.314 e. The third kappa shape index (κ3) is 4.43. The Labute approximate surface area is 181 Å². The van der Waals surface area contributed by atoms with Crippen LogP contribution in [0.1, 0.15) is 43.1 Å². The van der Waals surface area contributed by atoms with Gasteiger partial charge < -0.3 is 5.32 Å². The van der Waals surface area contributed by atoms with Gasteiger partial charge >= 0.3 is 0 Å². The molecule has 6 nitrogen and oxygen atoms in total. The van der Waals surface area contributed by atoms with Gasteiger partial charge in [-0.15, -0.1) is 22.7 Å². The van der Waals surface area contributed by atoms with Gasteiger partial charge in [0.05, 0.1) is 15.6 Å². The second kappa shape index (κ2) is 8.63. The summed E-state index contributed by atoms with van der Waals surface area (Å²) in [5.41, 5.74) is 2.04. The number of benzene rings is 1. The van der Waals surface area contributed by atoms with E-state index in [9.17, 15) is 14.0 Å². The van der Waals surface area contributed by atoms with E-state index in [-0.39, 0.29) is 11.5 Å². The first-order valence-electron chi connectivity index (χ1n) is 9.62. The summed E-state index contributed by atoms with van der Waals surface area (Å²) >= 11 is 2.70. The zero-order chi connectivity index (χ0) is 21.3. The molecule has 30 heavy (non-hydrogen) atoms. The molecular weight excluding hydrogens is 423 g/mol. The number of thiazole rings is 1. The Balaban J connectivity index is 1.45. The van der Waals surface area contributed by atoms with Crippen LogP contribution >= 0.6 is 22.7 Å². The Morgan fingerprint density at radius 3 is 2.80 bits per heavy atom. The number of aryl methyl sites for hydroxylation is 1. The first-order chi connectivity index (χ1) is 14.4. The molecule has 2 amide bonds. The van der Waals surface area contributed by atoms with Crippen molar-refractivity contribution < 1.29 is 14.0 Å². The Bertz CT molecular complexity index is 1110. The van der Waals surface area contributed by atoms with Crippen LogP contribution in [0.5, 0.6) is 0 Å². The summed E-state index contributed by atoms with van der Waals surface area (Å²) in [6.07, 6.45) is 0.893. The molecule has 0 radical (unpaired) electrons. The van der Waals surface area contributed by atoms with Crippen LogP contribution in [0.3, 0.4) is 0 Å². The number of likely N-dealkylation sites (N-methyl/N-ethyl adjacent to an activating group) is 1. The van der Waals surface area contributed by atoms with Crippen molar-refractivity contribution in [2.75, 3.05) is 23.7 Å². The standard InChI is InChI=1S/C21H21FN4O2S2/c1-3-26-8-7-15-16(11-26)29-21(23-15)25-20(28)18-12(2)9-17(30-18)24-19(27)13-5-4-6-14(22)10-13/h4-6,9-10H,3,7-8,11H2,1-2H3,(H,24,27)(H,23,25,28). The van der Waals surface area contributed by atoms with Crippen LogP contribution in [-0.2, 0) is 13.0 Å². The molecule has 1 aromatic carbocycles. The number of rotatable bonds is 5. The van der Waals surface area contributed by atoms with E-state index in [1.165, 1.54) is 51.8 Å². The minimum absolute atomic E-state index is 0.224. The summed E-state index contributed by atoms with van der Waals surface area (Å²) < 4.78 is 13.3. The van der Waals surface area contributed by atoms with Crippen molar-refractivity contribution in [2.45, 2.75) is 26.8 Å². The highest BCUT2D eigenvalue weighted by molar-refractivity contribution is 7.19. The number of halogens is 1. The zero-order valence-electron chi connectivity index (χ0n) is 16.6. The number of thiophene rings is 1. The summed E-state index contributed by atoms with van der Waals surface area (Å²) in [5.74, 6) is -1.14. The quantitative estimate of drug-likeness (QED) is 0.606. The summed E-state index contributed by atoms with van der Waals surface area (Å²) in [7, 11) is 0. The maximum absolute atomic E-state index is 13.3. The van der Waals surface area contributed by atoms with Gasteiger partial charge in [0, 0.05) is 30.0 Å². The maximum atomic E-state index is 13.3. The van der Waals surface area contributed by atoms with Crippen molar-refractivity contribution >= 4 is 44.6 Å². The Morgan fingerprint density at radius 2 is 2.03 bits per heavy atom. The molecule has 1 aliphatic heterocycles. The van der Waals surface area contributed by atoms with Crippen molar-refractivity contribution in [3.05, 3.63) is 62.7 Å². The smallest absolute Gasteiger partial charge is 0.267 e. The normalized spacial score (nSPS) is 13.7. The minimum atomic E-state index is -0.474. The maximum Gasteiger partial charge on any atom is 0.267 e. The van der Waals surface area contributed by atoms with Gasteiger partial charge in [-0.3, -0.25) is 19.8 Å². The Hall–Kier alpha value is -2.62. The van der Waals surface area contributed by atoms with E-state index in [1.54, 1.807) is 6.07 Å². The summed E-state index contributed by atoms with van der Waals surface area (Å²) in [6.45, 7) is 6.80. The third-order valence-corrected chi connectivity index (χ3v) is 7.07. The van der Waals surface area contributed by atoms with Gasteiger partial charge in [-0.25, -0.2) is 9.37 Å². The van der Waals surface area contributed by atoms with Crippen LogP contribution < -0.4 is 10.6 Å². The van der Waals surface area contributed by atoms with Crippen LogP contribution in [0.25, 0.3) is 0 Å². The fourth-order valence-corrected chi connectivity index (χ4v) is 5.32. The molecule has 156 valence electrons. The number of nitrogens with one attached hydrogen (secondary N) is 2. The second-order valence-electron chi connectivity index (χ2n) is 7.05. The molecule has 0 saturated heterocycles. The molecule has 0 saturated carbocycles.